The zero-order chi connectivity index (χ0) is 13.2. The second-order valence-corrected chi connectivity index (χ2v) is 5.62. The zero-order valence-electron chi connectivity index (χ0n) is 10.5. The fraction of sp³-hybridized carbons (Fsp3) is 0.818. The molecule has 0 saturated carbocycles. The molecule has 98 valence electrons. The lowest BCUT2D eigenvalue weighted by molar-refractivity contribution is -0.145. The lowest BCUT2D eigenvalue weighted by Gasteiger charge is -2.27. The van der Waals surface area contributed by atoms with Gasteiger partial charge in [-0.2, -0.15) is 0 Å². The molecule has 0 bridgehead atoms. The second-order valence-electron chi connectivity index (χ2n) is 5.00. The molecule has 1 fully saturated rings. The first-order valence-electron chi connectivity index (χ1n) is 5.46. The van der Waals surface area contributed by atoms with E-state index < -0.39 is 23.7 Å². The van der Waals surface area contributed by atoms with Gasteiger partial charge in [0.1, 0.15) is 11.6 Å². The number of rotatable bonds is 1. The molecule has 2 atom stereocenters. The Kier molecular flexibility index (Phi) is 4.25. The first kappa shape index (κ1) is 14.1. The maximum atomic E-state index is 11.9. The van der Waals surface area contributed by atoms with Crippen LogP contribution in [0.5, 0.6) is 0 Å². The summed E-state index contributed by atoms with van der Waals surface area (Å²) in [4.78, 5) is 24.7. The quantitative estimate of drug-likeness (QED) is 0.534. The van der Waals surface area contributed by atoms with Gasteiger partial charge in [0.15, 0.2) is 0 Å². The number of nitrogens with zero attached hydrogens (tertiary/aromatic N) is 1. The lowest BCUT2D eigenvalue weighted by atomic mass is 10.2. The van der Waals surface area contributed by atoms with Crippen molar-refractivity contribution in [2.75, 3.05) is 13.7 Å². The Balaban J connectivity index is 2.73. The van der Waals surface area contributed by atoms with E-state index in [2.05, 4.69) is 4.74 Å². The van der Waals surface area contributed by atoms with Gasteiger partial charge in [-0.25, -0.2) is 9.59 Å². The first-order valence-corrected chi connectivity index (χ1v) is 5.89. The normalized spacial score (nSPS) is 24.6. The number of likely N-dealkylation sites (tertiary alicyclic amines) is 1. The van der Waals surface area contributed by atoms with Gasteiger partial charge >= 0.3 is 12.1 Å². The Morgan fingerprint density at radius 1 is 1.35 bits per heavy atom. The van der Waals surface area contributed by atoms with E-state index in [9.17, 15) is 9.59 Å². The average Bonchev–Trinajstić information content (AvgIpc) is 2.56. The first-order chi connectivity index (χ1) is 7.74. The summed E-state index contributed by atoms with van der Waals surface area (Å²) in [5.41, 5.74) is -0.595. The molecule has 0 aliphatic carbocycles. The third-order valence-electron chi connectivity index (χ3n) is 2.35. The van der Waals surface area contributed by atoms with Crippen molar-refractivity contribution in [3.63, 3.8) is 0 Å². The molecule has 0 aromatic rings. The van der Waals surface area contributed by atoms with Crippen molar-refractivity contribution in [1.82, 2.24) is 4.90 Å². The van der Waals surface area contributed by atoms with Crippen LogP contribution < -0.4 is 0 Å². The number of hydrogen-bond acceptors (Lipinski definition) is 4. The van der Waals surface area contributed by atoms with Crippen LogP contribution in [0, 0.1) is 0 Å². The molecule has 1 heterocycles. The molecule has 0 N–H and O–H groups in total. The summed E-state index contributed by atoms with van der Waals surface area (Å²) in [5.74, 6) is -0.459. The SMILES string of the molecule is COC(=O)[C@@H]1C[C@H](Cl)CN1C(=O)OC(C)(C)C. The molecule has 1 amide bonds. The highest BCUT2D eigenvalue weighted by atomic mass is 35.5. The van der Waals surface area contributed by atoms with Crippen LogP contribution in [-0.2, 0) is 14.3 Å². The number of esters is 1. The van der Waals surface area contributed by atoms with Crippen molar-refractivity contribution in [3.05, 3.63) is 0 Å². The molecular formula is C11H18ClNO4. The van der Waals surface area contributed by atoms with Crippen LogP contribution in [0.4, 0.5) is 4.79 Å². The molecule has 1 aliphatic rings. The maximum Gasteiger partial charge on any atom is 0.411 e. The minimum absolute atomic E-state index is 0.244. The molecule has 0 aromatic carbocycles. The smallest absolute Gasteiger partial charge is 0.411 e. The summed E-state index contributed by atoms with van der Waals surface area (Å²) in [6, 6.07) is -0.641. The number of halogens is 1. The van der Waals surface area contributed by atoms with Crippen molar-refractivity contribution in [3.8, 4) is 0 Å². The van der Waals surface area contributed by atoms with Gasteiger partial charge in [0.05, 0.1) is 12.5 Å². The Hall–Kier alpha value is -0.970. The Morgan fingerprint density at radius 2 is 1.94 bits per heavy atom. The van der Waals surface area contributed by atoms with Crippen LogP contribution in [0.1, 0.15) is 27.2 Å². The highest BCUT2D eigenvalue weighted by Crippen LogP contribution is 2.25. The molecule has 0 unspecified atom stereocenters. The summed E-state index contributed by atoms with van der Waals surface area (Å²) in [7, 11) is 1.29. The van der Waals surface area contributed by atoms with E-state index in [4.69, 9.17) is 16.3 Å². The van der Waals surface area contributed by atoms with Crippen LogP contribution in [0.2, 0.25) is 0 Å². The van der Waals surface area contributed by atoms with E-state index in [0.717, 1.165) is 0 Å². The molecule has 1 aliphatic heterocycles. The van der Waals surface area contributed by atoms with Crippen LogP contribution in [-0.4, -0.2) is 47.6 Å². The molecule has 6 heteroatoms. The number of alkyl halides is 1. The topological polar surface area (TPSA) is 55.8 Å². The predicted molar refractivity (Wildman–Crippen MR) is 63.0 cm³/mol. The summed E-state index contributed by atoms with van der Waals surface area (Å²) in [6.45, 7) is 5.61. The number of amides is 1. The van der Waals surface area contributed by atoms with Gasteiger partial charge < -0.3 is 9.47 Å². The van der Waals surface area contributed by atoms with Crippen molar-refractivity contribution in [2.45, 2.75) is 44.2 Å². The van der Waals surface area contributed by atoms with E-state index in [0.29, 0.717) is 13.0 Å². The minimum Gasteiger partial charge on any atom is -0.467 e. The summed E-state index contributed by atoms with van der Waals surface area (Å²) in [6.07, 6.45) is -0.135. The minimum atomic E-state index is -0.641. The Morgan fingerprint density at radius 3 is 2.41 bits per heavy atom. The van der Waals surface area contributed by atoms with E-state index in [1.165, 1.54) is 12.0 Å². The van der Waals surface area contributed by atoms with Crippen molar-refractivity contribution >= 4 is 23.7 Å². The Labute approximate surface area is 106 Å². The molecule has 0 aromatic heterocycles. The monoisotopic (exact) mass is 263 g/mol. The fourth-order valence-electron chi connectivity index (χ4n) is 1.67. The number of carbonyl (C=O) groups excluding carboxylic acids is 2. The van der Waals surface area contributed by atoms with E-state index >= 15 is 0 Å². The van der Waals surface area contributed by atoms with Gasteiger partial charge in [-0.15, -0.1) is 11.6 Å². The van der Waals surface area contributed by atoms with Crippen LogP contribution in [0.15, 0.2) is 0 Å². The van der Waals surface area contributed by atoms with Gasteiger partial charge in [-0.05, 0) is 27.2 Å². The Bertz CT molecular complexity index is 313. The van der Waals surface area contributed by atoms with Crippen molar-refractivity contribution < 1.29 is 19.1 Å². The molecule has 0 radical (unpaired) electrons. The molecule has 0 spiro atoms. The van der Waals surface area contributed by atoms with Crippen molar-refractivity contribution in [2.24, 2.45) is 0 Å². The number of ether oxygens (including phenoxy) is 2. The number of hydrogen-bond donors (Lipinski definition) is 0. The second kappa shape index (κ2) is 5.12. The van der Waals surface area contributed by atoms with E-state index in [-0.39, 0.29) is 5.38 Å². The van der Waals surface area contributed by atoms with Crippen LogP contribution in [0.3, 0.4) is 0 Å². The summed E-state index contributed by atoms with van der Waals surface area (Å²) < 4.78 is 9.86. The maximum absolute atomic E-state index is 11.9. The predicted octanol–water partition coefficient (Wildman–Crippen LogP) is 1.78. The summed E-state index contributed by atoms with van der Waals surface area (Å²) in [5, 5.41) is -0.244. The molecule has 1 rings (SSSR count). The fourth-order valence-corrected chi connectivity index (χ4v) is 1.98. The standard InChI is InChI=1S/C11H18ClNO4/c1-11(2,3)17-10(15)13-6-7(12)5-8(13)9(14)16-4/h7-8H,5-6H2,1-4H3/t7-,8-/m0/s1. The van der Waals surface area contributed by atoms with Gasteiger partial charge in [-0.1, -0.05) is 0 Å². The van der Waals surface area contributed by atoms with Crippen molar-refractivity contribution in [1.29, 1.82) is 0 Å². The molecule has 1 saturated heterocycles. The largest absolute Gasteiger partial charge is 0.467 e. The molecule has 17 heavy (non-hydrogen) atoms. The summed E-state index contributed by atoms with van der Waals surface area (Å²) >= 11 is 5.96. The van der Waals surface area contributed by atoms with Gasteiger partial charge in [0, 0.05) is 6.54 Å². The van der Waals surface area contributed by atoms with Gasteiger partial charge in [-0.3, -0.25) is 4.90 Å². The number of carbonyl (C=O) groups is 2. The molecular weight excluding hydrogens is 246 g/mol. The third kappa shape index (κ3) is 3.77. The lowest BCUT2D eigenvalue weighted by Crippen LogP contribution is -2.43. The highest BCUT2D eigenvalue weighted by Gasteiger charge is 2.41. The van der Waals surface area contributed by atoms with Crippen LogP contribution >= 0.6 is 11.6 Å². The van der Waals surface area contributed by atoms with Crippen LogP contribution in [0.25, 0.3) is 0 Å². The molecule has 5 nitrogen and oxygen atoms in total. The van der Waals surface area contributed by atoms with E-state index in [1.54, 1.807) is 20.8 Å². The zero-order valence-corrected chi connectivity index (χ0v) is 11.3. The number of methoxy groups -OCH3 is 1. The third-order valence-corrected chi connectivity index (χ3v) is 2.67. The van der Waals surface area contributed by atoms with E-state index in [1.807, 2.05) is 0 Å². The average molecular weight is 264 g/mol. The van der Waals surface area contributed by atoms with Gasteiger partial charge in [0.25, 0.3) is 0 Å². The van der Waals surface area contributed by atoms with Gasteiger partial charge in [0.2, 0.25) is 0 Å². The highest BCUT2D eigenvalue weighted by molar-refractivity contribution is 6.21.